The average Bonchev–Trinajstić information content (AvgIpc) is 2.51. The molecule has 0 amide bonds. The third kappa shape index (κ3) is 5.04. The van der Waals surface area contributed by atoms with Gasteiger partial charge in [-0.25, -0.2) is 4.79 Å². The first kappa shape index (κ1) is 16.3. The summed E-state index contributed by atoms with van der Waals surface area (Å²) in [5.41, 5.74) is 4.19. The molecule has 0 saturated heterocycles. The second-order valence-corrected chi connectivity index (χ2v) is 5.89. The first-order chi connectivity index (χ1) is 10.6. The van der Waals surface area contributed by atoms with E-state index in [0.717, 1.165) is 22.3 Å². The topological polar surface area (TPSA) is 38.3 Å². The van der Waals surface area contributed by atoms with Crippen molar-refractivity contribution >= 4 is 27.6 Å². The van der Waals surface area contributed by atoms with Crippen LogP contribution in [0.15, 0.2) is 64.8 Å². The Morgan fingerprint density at radius 3 is 2.18 bits per heavy atom. The monoisotopic (exact) mass is 359 g/mol. The summed E-state index contributed by atoms with van der Waals surface area (Å²) in [5, 5.41) is 3.16. The minimum absolute atomic E-state index is 0.364. The number of anilines is 1. The van der Waals surface area contributed by atoms with E-state index >= 15 is 0 Å². The largest absolute Gasteiger partial charge is 0.466 e. The summed E-state index contributed by atoms with van der Waals surface area (Å²) >= 11 is 3.44. The van der Waals surface area contributed by atoms with Crippen molar-refractivity contribution in [2.75, 3.05) is 12.4 Å². The molecule has 2 aromatic rings. The molecule has 0 fully saturated rings. The van der Waals surface area contributed by atoms with Gasteiger partial charge >= 0.3 is 5.97 Å². The molecule has 0 unspecified atom stereocenters. The standard InChI is InChI=1S/C18H18BrNO2/c1-13(11-18(21)22-2)20-17-9-5-15(6-10-17)12-14-3-7-16(19)8-4-14/h3-11,20H,12H2,1-2H3/b13-11-. The lowest BCUT2D eigenvalue weighted by Crippen LogP contribution is -2.02. The first-order valence-corrected chi connectivity index (χ1v) is 7.73. The van der Waals surface area contributed by atoms with Gasteiger partial charge < -0.3 is 10.1 Å². The molecule has 2 aromatic carbocycles. The second kappa shape index (κ2) is 7.80. The van der Waals surface area contributed by atoms with Crippen molar-refractivity contribution in [1.29, 1.82) is 0 Å². The molecule has 0 aliphatic heterocycles. The van der Waals surface area contributed by atoms with E-state index in [2.05, 4.69) is 50.2 Å². The number of halogens is 1. The Morgan fingerprint density at radius 1 is 1.09 bits per heavy atom. The first-order valence-electron chi connectivity index (χ1n) is 6.93. The maximum absolute atomic E-state index is 11.2. The minimum Gasteiger partial charge on any atom is -0.466 e. The highest BCUT2D eigenvalue weighted by Crippen LogP contribution is 2.17. The van der Waals surface area contributed by atoms with Gasteiger partial charge in [0, 0.05) is 21.9 Å². The predicted octanol–water partition coefficient (Wildman–Crippen LogP) is 4.53. The Kier molecular flexibility index (Phi) is 5.78. The van der Waals surface area contributed by atoms with Gasteiger partial charge in [0.2, 0.25) is 0 Å². The van der Waals surface area contributed by atoms with E-state index in [4.69, 9.17) is 0 Å². The second-order valence-electron chi connectivity index (χ2n) is 4.98. The van der Waals surface area contributed by atoms with Crippen LogP contribution in [0.3, 0.4) is 0 Å². The van der Waals surface area contributed by atoms with Gasteiger partial charge in [0.05, 0.1) is 7.11 Å². The van der Waals surface area contributed by atoms with E-state index in [1.165, 1.54) is 24.3 Å². The van der Waals surface area contributed by atoms with Gasteiger partial charge in [-0.05, 0) is 48.7 Å². The highest BCUT2D eigenvalue weighted by molar-refractivity contribution is 9.10. The van der Waals surface area contributed by atoms with Crippen LogP contribution in [0, 0.1) is 0 Å². The van der Waals surface area contributed by atoms with Gasteiger partial charge in [-0.15, -0.1) is 0 Å². The van der Waals surface area contributed by atoms with E-state index in [1.807, 2.05) is 31.2 Å². The van der Waals surface area contributed by atoms with Crippen LogP contribution in [0.5, 0.6) is 0 Å². The van der Waals surface area contributed by atoms with Gasteiger partial charge in [0.15, 0.2) is 0 Å². The molecule has 0 aromatic heterocycles. The molecule has 2 rings (SSSR count). The Hall–Kier alpha value is -2.07. The number of hydrogen-bond acceptors (Lipinski definition) is 3. The summed E-state index contributed by atoms with van der Waals surface area (Å²) in [7, 11) is 1.36. The highest BCUT2D eigenvalue weighted by Gasteiger charge is 2.00. The van der Waals surface area contributed by atoms with Crippen molar-refractivity contribution in [1.82, 2.24) is 0 Å². The molecule has 0 aliphatic rings. The van der Waals surface area contributed by atoms with E-state index in [-0.39, 0.29) is 5.97 Å². The zero-order chi connectivity index (χ0) is 15.9. The number of methoxy groups -OCH3 is 1. The third-order valence-electron chi connectivity index (χ3n) is 3.15. The molecule has 0 saturated carbocycles. The number of hydrogen-bond donors (Lipinski definition) is 1. The molecule has 0 atom stereocenters. The van der Waals surface area contributed by atoms with Crippen LogP contribution in [0.4, 0.5) is 5.69 Å². The maximum Gasteiger partial charge on any atom is 0.332 e. The fourth-order valence-corrected chi connectivity index (χ4v) is 2.31. The van der Waals surface area contributed by atoms with E-state index in [9.17, 15) is 4.79 Å². The van der Waals surface area contributed by atoms with Crippen LogP contribution < -0.4 is 5.32 Å². The lowest BCUT2D eigenvalue weighted by Gasteiger charge is -2.08. The lowest BCUT2D eigenvalue weighted by atomic mass is 10.0. The van der Waals surface area contributed by atoms with Crippen molar-refractivity contribution in [2.24, 2.45) is 0 Å². The van der Waals surface area contributed by atoms with Gasteiger partial charge in [-0.3, -0.25) is 0 Å². The smallest absolute Gasteiger partial charge is 0.332 e. The summed E-state index contributed by atoms with van der Waals surface area (Å²) in [4.78, 5) is 11.2. The fourth-order valence-electron chi connectivity index (χ4n) is 2.04. The van der Waals surface area contributed by atoms with Crippen molar-refractivity contribution in [2.45, 2.75) is 13.3 Å². The van der Waals surface area contributed by atoms with Crippen LogP contribution in [0.2, 0.25) is 0 Å². The Morgan fingerprint density at radius 2 is 1.64 bits per heavy atom. The zero-order valence-corrected chi connectivity index (χ0v) is 14.2. The van der Waals surface area contributed by atoms with Gasteiger partial charge in [-0.1, -0.05) is 40.2 Å². The van der Waals surface area contributed by atoms with Gasteiger partial charge in [0.25, 0.3) is 0 Å². The number of carbonyl (C=O) groups is 1. The average molecular weight is 360 g/mol. The molecule has 114 valence electrons. The Labute approximate surface area is 139 Å². The normalized spacial score (nSPS) is 11.1. The predicted molar refractivity (Wildman–Crippen MR) is 92.8 cm³/mol. The van der Waals surface area contributed by atoms with Crippen molar-refractivity contribution in [3.63, 3.8) is 0 Å². The van der Waals surface area contributed by atoms with Crippen LogP contribution >= 0.6 is 15.9 Å². The molecule has 0 heterocycles. The number of benzene rings is 2. The van der Waals surface area contributed by atoms with Crippen LogP contribution in [-0.4, -0.2) is 13.1 Å². The minimum atomic E-state index is -0.364. The summed E-state index contributed by atoms with van der Waals surface area (Å²) in [6.45, 7) is 1.83. The summed E-state index contributed by atoms with van der Waals surface area (Å²) in [6.07, 6.45) is 2.32. The molecule has 0 radical (unpaired) electrons. The Bertz CT molecular complexity index is 660. The highest BCUT2D eigenvalue weighted by atomic mass is 79.9. The number of rotatable bonds is 5. The molecule has 0 spiro atoms. The Balaban J connectivity index is 1.99. The van der Waals surface area contributed by atoms with Crippen molar-refractivity contribution < 1.29 is 9.53 Å². The van der Waals surface area contributed by atoms with E-state index < -0.39 is 0 Å². The van der Waals surface area contributed by atoms with Crippen molar-refractivity contribution in [3.8, 4) is 0 Å². The summed E-state index contributed by atoms with van der Waals surface area (Å²) in [5.74, 6) is -0.364. The van der Waals surface area contributed by atoms with Crippen molar-refractivity contribution in [3.05, 3.63) is 75.9 Å². The van der Waals surface area contributed by atoms with Crippen LogP contribution in [0.1, 0.15) is 18.1 Å². The molecule has 3 nitrogen and oxygen atoms in total. The molecule has 0 bridgehead atoms. The molecule has 4 heteroatoms. The van der Waals surface area contributed by atoms with Crippen LogP contribution in [-0.2, 0) is 16.0 Å². The molecular weight excluding hydrogens is 342 g/mol. The third-order valence-corrected chi connectivity index (χ3v) is 3.68. The molecule has 1 N–H and O–H groups in total. The van der Waals surface area contributed by atoms with Gasteiger partial charge in [0.1, 0.15) is 0 Å². The molecular formula is C18H18BrNO2. The fraction of sp³-hybridized carbons (Fsp3) is 0.167. The SMILES string of the molecule is COC(=O)/C=C(/C)Nc1ccc(Cc2ccc(Br)cc2)cc1. The summed E-state index contributed by atoms with van der Waals surface area (Å²) < 4.78 is 5.68. The zero-order valence-electron chi connectivity index (χ0n) is 12.6. The number of carbonyl (C=O) groups excluding carboxylic acids is 1. The number of ether oxygens (including phenoxy) is 1. The lowest BCUT2D eigenvalue weighted by molar-refractivity contribution is -0.134. The van der Waals surface area contributed by atoms with E-state index in [0.29, 0.717) is 0 Å². The number of esters is 1. The molecule has 0 aliphatic carbocycles. The van der Waals surface area contributed by atoms with Gasteiger partial charge in [-0.2, -0.15) is 0 Å². The maximum atomic E-state index is 11.2. The number of nitrogens with one attached hydrogen (secondary N) is 1. The summed E-state index contributed by atoms with van der Waals surface area (Å²) in [6, 6.07) is 16.5. The number of allylic oxidation sites excluding steroid dienone is 1. The molecule has 22 heavy (non-hydrogen) atoms. The van der Waals surface area contributed by atoms with E-state index in [1.54, 1.807) is 0 Å². The quantitative estimate of drug-likeness (QED) is 0.629. The van der Waals surface area contributed by atoms with Crippen LogP contribution in [0.25, 0.3) is 0 Å².